The number of benzene rings is 2. The normalized spacial score (nSPS) is 10.9. The van der Waals surface area contributed by atoms with E-state index in [0.717, 1.165) is 9.26 Å². The first-order chi connectivity index (χ1) is 10.6. The first-order valence-electron chi connectivity index (χ1n) is 6.74. The number of anilines is 2. The zero-order valence-corrected chi connectivity index (χ0v) is 14.6. The minimum atomic E-state index is -0.321. The molecule has 0 atom stereocenters. The van der Waals surface area contributed by atoms with Crippen LogP contribution >= 0.6 is 34.2 Å². The molecule has 0 spiro atoms. The Bertz CT molecular complexity index is 841. The van der Waals surface area contributed by atoms with Crippen LogP contribution in [0.2, 0.25) is 5.28 Å². The van der Waals surface area contributed by atoms with E-state index in [9.17, 15) is 4.39 Å². The number of nitrogens with zero attached hydrogens (tertiary/aromatic N) is 3. The molecule has 0 aliphatic heterocycles. The van der Waals surface area contributed by atoms with E-state index in [1.165, 1.54) is 12.1 Å². The molecule has 0 saturated heterocycles. The number of rotatable bonds is 3. The van der Waals surface area contributed by atoms with Crippen LogP contribution in [0.15, 0.2) is 42.5 Å². The Balaban J connectivity index is 2.24. The van der Waals surface area contributed by atoms with E-state index in [1.807, 2.05) is 36.1 Å². The molecule has 0 amide bonds. The Morgan fingerprint density at radius 2 is 2.00 bits per heavy atom. The fraction of sp³-hybridized carbons (Fsp3) is 0.125. The van der Waals surface area contributed by atoms with E-state index < -0.39 is 0 Å². The number of halogens is 3. The molecule has 0 unspecified atom stereocenters. The van der Waals surface area contributed by atoms with E-state index in [0.29, 0.717) is 23.3 Å². The summed E-state index contributed by atoms with van der Waals surface area (Å²) in [6, 6.07) is 12.5. The summed E-state index contributed by atoms with van der Waals surface area (Å²) in [6.07, 6.45) is 0. The van der Waals surface area contributed by atoms with E-state index in [2.05, 4.69) is 32.6 Å². The molecule has 6 heteroatoms. The Morgan fingerprint density at radius 1 is 1.18 bits per heavy atom. The largest absolute Gasteiger partial charge is 0.326 e. The molecule has 0 saturated carbocycles. The van der Waals surface area contributed by atoms with Gasteiger partial charge in [0.2, 0.25) is 5.28 Å². The van der Waals surface area contributed by atoms with Crippen LogP contribution in [0.3, 0.4) is 0 Å². The topological polar surface area (TPSA) is 29.0 Å². The van der Waals surface area contributed by atoms with Gasteiger partial charge in [-0.3, -0.25) is 0 Å². The van der Waals surface area contributed by atoms with Gasteiger partial charge in [-0.25, -0.2) is 9.37 Å². The number of fused-ring (bicyclic) bond motifs is 1. The van der Waals surface area contributed by atoms with Crippen molar-refractivity contribution in [2.75, 3.05) is 11.4 Å². The van der Waals surface area contributed by atoms with Gasteiger partial charge < -0.3 is 4.90 Å². The first kappa shape index (κ1) is 15.4. The Hall–Kier alpha value is -1.47. The molecule has 3 aromatic rings. The maximum absolute atomic E-state index is 13.6. The molecule has 0 aliphatic carbocycles. The standard InChI is InChI=1S/C16H12ClFIN3/c1-2-22(12-5-3-4-11(19)9-12)15-13-8-10(18)6-7-14(13)20-16(17)21-15/h3-9H,2H2,1H3. The number of aromatic nitrogens is 2. The van der Waals surface area contributed by atoms with Crippen molar-refractivity contribution >= 4 is 56.6 Å². The van der Waals surface area contributed by atoms with Gasteiger partial charge in [0.25, 0.3) is 0 Å². The number of hydrogen-bond acceptors (Lipinski definition) is 3. The highest BCUT2D eigenvalue weighted by Crippen LogP contribution is 2.31. The molecule has 3 nitrogen and oxygen atoms in total. The second kappa shape index (κ2) is 6.34. The third kappa shape index (κ3) is 3.01. The summed E-state index contributed by atoms with van der Waals surface area (Å²) in [7, 11) is 0. The predicted octanol–water partition coefficient (Wildman–Crippen LogP) is 5.18. The third-order valence-electron chi connectivity index (χ3n) is 3.30. The van der Waals surface area contributed by atoms with Crippen LogP contribution in [0, 0.1) is 9.39 Å². The molecular formula is C16H12ClFIN3. The minimum Gasteiger partial charge on any atom is -0.326 e. The molecule has 22 heavy (non-hydrogen) atoms. The quantitative estimate of drug-likeness (QED) is 0.426. The molecular weight excluding hydrogens is 416 g/mol. The SMILES string of the molecule is CCN(c1cccc(I)c1)c1nc(Cl)nc2ccc(F)cc12. The Kier molecular flexibility index (Phi) is 4.44. The maximum Gasteiger partial charge on any atom is 0.224 e. The molecule has 2 aromatic carbocycles. The monoisotopic (exact) mass is 427 g/mol. The minimum absolute atomic E-state index is 0.151. The van der Waals surface area contributed by atoms with Crippen molar-refractivity contribution in [3.05, 3.63) is 57.1 Å². The zero-order valence-electron chi connectivity index (χ0n) is 11.7. The fourth-order valence-electron chi connectivity index (χ4n) is 2.36. The van der Waals surface area contributed by atoms with Gasteiger partial charge in [-0.2, -0.15) is 4.98 Å². The van der Waals surface area contributed by atoms with Crippen LogP contribution in [-0.4, -0.2) is 16.5 Å². The summed E-state index contributed by atoms with van der Waals surface area (Å²) in [5, 5.41) is 0.795. The summed E-state index contributed by atoms with van der Waals surface area (Å²) in [5.74, 6) is 0.289. The Morgan fingerprint density at radius 3 is 2.73 bits per heavy atom. The van der Waals surface area contributed by atoms with E-state index in [4.69, 9.17) is 11.6 Å². The predicted molar refractivity (Wildman–Crippen MR) is 96.3 cm³/mol. The van der Waals surface area contributed by atoms with Crippen molar-refractivity contribution in [1.29, 1.82) is 0 Å². The average molecular weight is 428 g/mol. The Labute approximate surface area is 146 Å². The van der Waals surface area contributed by atoms with Crippen molar-refractivity contribution in [1.82, 2.24) is 9.97 Å². The highest BCUT2D eigenvalue weighted by Gasteiger charge is 2.15. The maximum atomic E-state index is 13.6. The van der Waals surface area contributed by atoms with Crippen LogP contribution in [0.5, 0.6) is 0 Å². The number of hydrogen-bond donors (Lipinski definition) is 0. The lowest BCUT2D eigenvalue weighted by Gasteiger charge is -2.23. The van der Waals surface area contributed by atoms with Crippen molar-refractivity contribution in [2.24, 2.45) is 0 Å². The van der Waals surface area contributed by atoms with Gasteiger partial charge in [-0.1, -0.05) is 6.07 Å². The van der Waals surface area contributed by atoms with Gasteiger partial charge in [-0.15, -0.1) is 0 Å². The molecule has 3 rings (SSSR count). The zero-order chi connectivity index (χ0) is 15.7. The molecule has 0 fully saturated rings. The summed E-state index contributed by atoms with van der Waals surface area (Å²) >= 11 is 8.30. The van der Waals surface area contributed by atoms with Crippen LogP contribution in [0.4, 0.5) is 15.9 Å². The summed E-state index contributed by atoms with van der Waals surface area (Å²) in [4.78, 5) is 10.5. The summed E-state index contributed by atoms with van der Waals surface area (Å²) < 4.78 is 14.8. The first-order valence-corrected chi connectivity index (χ1v) is 8.20. The van der Waals surface area contributed by atoms with Crippen LogP contribution in [0.25, 0.3) is 10.9 Å². The van der Waals surface area contributed by atoms with Gasteiger partial charge in [-0.05, 0) is 77.5 Å². The van der Waals surface area contributed by atoms with Crippen LogP contribution in [0.1, 0.15) is 6.92 Å². The molecule has 1 heterocycles. The molecule has 112 valence electrons. The third-order valence-corrected chi connectivity index (χ3v) is 4.14. The lowest BCUT2D eigenvalue weighted by atomic mass is 10.2. The van der Waals surface area contributed by atoms with Gasteiger partial charge >= 0.3 is 0 Å². The van der Waals surface area contributed by atoms with E-state index >= 15 is 0 Å². The fourth-order valence-corrected chi connectivity index (χ4v) is 3.06. The lowest BCUT2D eigenvalue weighted by molar-refractivity contribution is 0.629. The second-order valence-corrected chi connectivity index (χ2v) is 6.29. The van der Waals surface area contributed by atoms with Gasteiger partial charge in [0.1, 0.15) is 11.6 Å². The van der Waals surface area contributed by atoms with Crippen molar-refractivity contribution < 1.29 is 4.39 Å². The molecule has 0 radical (unpaired) electrons. The van der Waals surface area contributed by atoms with Gasteiger partial charge in [0, 0.05) is 21.2 Å². The highest BCUT2D eigenvalue weighted by molar-refractivity contribution is 14.1. The van der Waals surface area contributed by atoms with E-state index in [1.54, 1.807) is 6.07 Å². The molecule has 1 aromatic heterocycles. The second-order valence-electron chi connectivity index (χ2n) is 4.70. The van der Waals surface area contributed by atoms with Crippen LogP contribution < -0.4 is 4.90 Å². The van der Waals surface area contributed by atoms with Gasteiger partial charge in [0.05, 0.1) is 5.52 Å². The summed E-state index contributed by atoms with van der Waals surface area (Å²) in [6.45, 7) is 2.69. The smallest absolute Gasteiger partial charge is 0.224 e. The van der Waals surface area contributed by atoms with Crippen molar-refractivity contribution in [3.8, 4) is 0 Å². The summed E-state index contributed by atoms with van der Waals surface area (Å²) in [5.41, 5.74) is 1.61. The van der Waals surface area contributed by atoms with E-state index in [-0.39, 0.29) is 11.1 Å². The highest BCUT2D eigenvalue weighted by atomic mass is 127. The average Bonchev–Trinajstić information content (AvgIpc) is 2.49. The lowest BCUT2D eigenvalue weighted by Crippen LogP contribution is -2.18. The molecule has 0 N–H and O–H groups in total. The molecule has 0 bridgehead atoms. The van der Waals surface area contributed by atoms with Crippen molar-refractivity contribution in [2.45, 2.75) is 6.92 Å². The molecule has 0 aliphatic rings. The van der Waals surface area contributed by atoms with Crippen molar-refractivity contribution in [3.63, 3.8) is 0 Å². The van der Waals surface area contributed by atoms with Gasteiger partial charge in [0.15, 0.2) is 0 Å². The van der Waals surface area contributed by atoms with Crippen LogP contribution in [-0.2, 0) is 0 Å².